The van der Waals surface area contributed by atoms with E-state index in [2.05, 4.69) is 36.1 Å². The highest BCUT2D eigenvalue weighted by atomic mass is 15.1. The summed E-state index contributed by atoms with van der Waals surface area (Å²) in [5.74, 6) is 1.84. The summed E-state index contributed by atoms with van der Waals surface area (Å²) in [7, 11) is 4.40. The lowest BCUT2D eigenvalue weighted by Gasteiger charge is -2.35. The van der Waals surface area contributed by atoms with Gasteiger partial charge in [0.2, 0.25) is 0 Å². The molecule has 2 rings (SSSR count). The molecular formula is C16H33N3. The molecule has 2 aliphatic rings. The molecule has 0 aromatic rings. The van der Waals surface area contributed by atoms with E-state index in [1.807, 2.05) is 0 Å². The van der Waals surface area contributed by atoms with Crippen LogP contribution >= 0.6 is 0 Å². The number of piperidine rings is 1. The average Bonchev–Trinajstić information content (AvgIpc) is 2.79. The predicted molar refractivity (Wildman–Crippen MR) is 82.5 cm³/mol. The lowest BCUT2D eigenvalue weighted by atomic mass is 9.94. The molecule has 2 atom stereocenters. The van der Waals surface area contributed by atoms with Gasteiger partial charge in [-0.1, -0.05) is 13.3 Å². The molecule has 0 amide bonds. The lowest BCUT2D eigenvalue weighted by Crippen LogP contribution is -2.43. The van der Waals surface area contributed by atoms with Crippen molar-refractivity contribution < 1.29 is 0 Å². The molecule has 3 nitrogen and oxygen atoms in total. The summed E-state index contributed by atoms with van der Waals surface area (Å²) in [6.45, 7) is 8.64. The topological polar surface area (TPSA) is 18.5 Å². The van der Waals surface area contributed by atoms with Crippen LogP contribution in [0.4, 0.5) is 0 Å². The number of hydrogen-bond donors (Lipinski definition) is 1. The molecule has 1 saturated carbocycles. The van der Waals surface area contributed by atoms with Crippen LogP contribution in [0.2, 0.25) is 0 Å². The van der Waals surface area contributed by atoms with Crippen LogP contribution in [0, 0.1) is 11.8 Å². The Balaban J connectivity index is 1.70. The first-order valence-electron chi connectivity index (χ1n) is 8.29. The molecule has 2 unspecified atom stereocenters. The van der Waals surface area contributed by atoms with Crippen LogP contribution in [0.1, 0.15) is 39.0 Å². The summed E-state index contributed by atoms with van der Waals surface area (Å²) in [4.78, 5) is 5.07. The minimum atomic E-state index is 0.796. The zero-order chi connectivity index (χ0) is 13.7. The van der Waals surface area contributed by atoms with Gasteiger partial charge in [-0.3, -0.25) is 0 Å². The first-order valence-corrected chi connectivity index (χ1v) is 8.29. The fourth-order valence-electron chi connectivity index (χ4n) is 3.99. The van der Waals surface area contributed by atoms with Crippen molar-refractivity contribution >= 4 is 0 Å². The van der Waals surface area contributed by atoms with E-state index < -0.39 is 0 Å². The SMILES string of the molecule is CCNC1CCCC1CN1CCC(CN(C)C)CC1. The number of nitrogens with zero attached hydrogens (tertiary/aromatic N) is 2. The molecule has 0 aromatic heterocycles. The first kappa shape index (κ1) is 15.3. The number of nitrogens with one attached hydrogen (secondary N) is 1. The molecule has 0 aromatic carbocycles. The molecule has 1 N–H and O–H groups in total. The molecular weight excluding hydrogens is 234 g/mol. The zero-order valence-electron chi connectivity index (χ0n) is 13.2. The molecule has 0 spiro atoms. The molecule has 19 heavy (non-hydrogen) atoms. The highest BCUT2D eigenvalue weighted by Gasteiger charge is 2.29. The van der Waals surface area contributed by atoms with E-state index in [1.54, 1.807) is 0 Å². The Morgan fingerprint density at radius 2 is 1.84 bits per heavy atom. The van der Waals surface area contributed by atoms with Crippen LogP contribution in [0.3, 0.4) is 0 Å². The van der Waals surface area contributed by atoms with Crippen molar-refractivity contribution in [3.05, 3.63) is 0 Å². The quantitative estimate of drug-likeness (QED) is 0.794. The van der Waals surface area contributed by atoms with Gasteiger partial charge >= 0.3 is 0 Å². The van der Waals surface area contributed by atoms with Gasteiger partial charge in [0.05, 0.1) is 0 Å². The molecule has 1 heterocycles. The number of rotatable bonds is 6. The van der Waals surface area contributed by atoms with Crippen LogP contribution in [-0.4, -0.2) is 62.7 Å². The highest BCUT2D eigenvalue weighted by Crippen LogP contribution is 2.28. The average molecular weight is 267 g/mol. The predicted octanol–water partition coefficient (Wildman–Crippen LogP) is 2.04. The third-order valence-corrected chi connectivity index (χ3v) is 4.95. The summed E-state index contributed by atoms with van der Waals surface area (Å²) < 4.78 is 0. The van der Waals surface area contributed by atoms with Crippen molar-refractivity contribution in [2.45, 2.75) is 45.1 Å². The fraction of sp³-hybridized carbons (Fsp3) is 1.00. The van der Waals surface area contributed by atoms with E-state index in [1.165, 1.54) is 58.3 Å². The van der Waals surface area contributed by atoms with Crippen LogP contribution in [0.5, 0.6) is 0 Å². The monoisotopic (exact) mass is 267 g/mol. The molecule has 0 radical (unpaired) electrons. The van der Waals surface area contributed by atoms with Gasteiger partial charge in [-0.05, 0) is 71.2 Å². The van der Waals surface area contributed by atoms with Crippen molar-refractivity contribution in [3.63, 3.8) is 0 Å². The van der Waals surface area contributed by atoms with Gasteiger partial charge in [-0.2, -0.15) is 0 Å². The molecule has 3 heteroatoms. The van der Waals surface area contributed by atoms with Gasteiger partial charge in [0.15, 0.2) is 0 Å². The van der Waals surface area contributed by atoms with Gasteiger partial charge in [0, 0.05) is 19.1 Å². The fourth-order valence-corrected chi connectivity index (χ4v) is 3.99. The minimum Gasteiger partial charge on any atom is -0.314 e. The van der Waals surface area contributed by atoms with Crippen LogP contribution in [-0.2, 0) is 0 Å². The Hall–Kier alpha value is -0.120. The summed E-state index contributed by atoms with van der Waals surface area (Å²) in [6, 6.07) is 0.796. The summed E-state index contributed by atoms with van der Waals surface area (Å²) >= 11 is 0. The lowest BCUT2D eigenvalue weighted by molar-refractivity contribution is 0.138. The summed E-state index contributed by atoms with van der Waals surface area (Å²) in [5.41, 5.74) is 0. The Morgan fingerprint density at radius 3 is 2.47 bits per heavy atom. The minimum absolute atomic E-state index is 0.796. The third kappa shape index (κ3) is 4.73. The largest absolute Gasteiger partial charge is 0.314 e. The van der Waals surface area contributed by atoms with Gasteiger partial charge in [0.1, 0.15) is 0 Å². The number of likely N-dealkylation sites (tertiary alicyclic amines) is 1. The summed E-state index contributed by atoms with van der Waals surface area (Å²) in [6.07, 6.45) is 7.07. The molecule has 1 aliphatic heterocycles. The smallest absolute Gasteiger partial charge is 0.0107 e. The molecule has 1 aliphatic carbocycles. The zero-order valence-corrected chi connectivity index (χ0v) is 13.2. The van der Waals surface area contributed by atoms with E-state index in [0.717, 1.165) is 24.4 Å². The highest BCUT2D eigenvalue weighted by molar-refractivity contribution is 4.86. The second-order valence-electron chi connectivity index (χ2n) is 6.86. The van der Waals surface area contributed by atoms with Gasteiger partial charge < -0.3 is 15.1 Å². The Labute approximate surface area is 119 Å². The summed E-state index contributed by atoms with van der Waals surface area (Å²) in [5, 5.41) is 3.69. The van der Waals surface area contributed by atoms with Crippen molar-refractivity contribution in [2.24, 2.45) is 11.8 Å². The van der Waals surface area contributed by atoms with Crippen LogP contribution in [0.25, 0.3) is 0 Å². The number of hydrogen-bond acceptors (Lipinski definition) is 3. The molecule has 112 valence electrons. The second kappa shape index (κ2) is 7.61. The Bertz CT molecular complexity index is 246. The van der Waals surface area contributed by atoms with Gasteiger partial charge in [-0.15, -0.1) is 0 Å². The maximum atomic E-state index is 3.69. The Kier molecular flexibility index (Phi) is 6.11. The van der Waals surface area contributed by atoms with Gasteiger partial charge in [0.25, 0.3) is 0 Å². The molecule has 2 fully saturated rings. The normalized spacial score (nSPS) is 30.3. The van der Waals surface area contributed by atoms with Crippen molar-refractivity contribution in [1.82, 2.24) is 15.1 Å². The van der Waals surface area contributed by atoms with Gasteiger partial charge in [-0.25, -0.2) is 0 Å². The van der Waals surface area contributed by atoms with E-state index >= 15 is 0 Å². The molecule has 1 saturated heterocycles. The van der Waals surface area contributed by atoms with Crippen LogP contribution < -0.4 is 5.32 Å². The van der Waals surface area contributed by atoms with E-state index in [0.29, 0.717) is 0 Å². The van der Waals surface area contributed by atoms with E-state index in [4.69, 9.17) is 0 Å². The van der Waals surface area contributed by atoms with E-state index in [9.17, 15) is 0 Å². The second-order valence-corrected chi connectivity index (χ2v) is 6.86. The van der Waals surface area contributed by atoms with Crippen molar-refractivity contribution in [1.29, 1.82) is 0 Å². The first-order chi connectivity index (χ1) is 9.19. The maximum absolute atomic E-state index is 3.69. The third-order valence-electron chi connectivity index (χ3n) is 4.95. The van der Waals surface area contributed by atoms with E-state index in [-0.39, 0.29) is 0 Å². The maximum Gasteiger partial charge on any atom is 0.0107 e. The van der Waals surface area contributed by atoms with Crippen LogP contribution in [0.15, 0.2) is 0 Å². The Morgan fingerprint density at radius 1 is 1.11 bits per heavy atom. The van der Waals surface area contributed by atoms with Crippen molar-refractivity contribution in [3.8, 4) is 0 Å². The molecule has 0 bridgehead atoms. The standard InChI is InChI=1S/C16H33N3/c1-4-17-16-7-5-6-15(16)13-19-10-8-14(9-11-19)12-18(2)3/h14-17H,4-13H2,1-3H3. The van der Waals surface area contributed by atoms with Crippen molar-refractivity contribution in [2.75, 3.05) is 46.8 Å².